The van der Waals surface area contributed by atoms with Gasteiger partial charge in [0, 0.05) is 11.8 Å². The molecule has 0 saturated carbocycles. The second-order valence-electron chi connectivity index (χ2n) is 4.52. The number of rotatable bonds is 3. The molecule has 2 aromatic rings. The number of benzene rings is 2. The lowest BCUT2D eigenvalue weighted by Crippen LogP contribution is -2.33. The Bertz CT molecular complexity index is 770. The Labute approximate surface area is 146 Å². The lowest BCUT2D eigenvalue weighted by atomic mass is 10.3. The second-order valence-corrected chi connectivity index (χ2v) is 5.74. The molecule has 0 spiro atoms. The van der Waals surface area contributed by atoms with Gasteiger partial charge >= 0.3 is 6.03 Å². The van der Waals surface area contributed by atoms with Crippen LogP contribution in [0.5, 0.6) is 11.5 Å². The largest absolute Gasteiger partial charge is 0.454 e. The van der Waals surface area contributed by atoms with E-state index >= 15 is 0 Å². The van der Waals surface area contributed by atoms with Crippen molar-refractivity contribution in [2.75, 3.05) is 17.5 Å². The van der Waals surface area contributed by atoms with Crippen LogP contribution in [-0.2, 0) is 0 Å². The van der Waals surface area contributed by atoms with Crippen LogP contribution in [0, 0.1) is 0 Å². The first kappa shape index (κ1) is 15.9. The van der Waals surface area contributed by atoms with Crippen molar-refractivity contribution in [2.45, 2.75) is 0 Å². The number of carbonyl (C=O) groups is 1. The van der Waals surface area contributed by atoms with E-state index in [1.165, 1.54) is 12.1 Å². The predicted molar refractivity (Wildman–Crippen MR) is 89.8 cm³/mol. The van der Waals surface area contributed by atoms with Crippen LogP contribution in [0.15, 0.2) is 30.3 Å². The summed E-state index contributed by atoms with van der Waals surface area (Å²) >= 11 is 17.7. The van der Waals surface area contributed by atoms with Gasteiger partial charge in [-0.1, -0.05) is 34.8 Å². The molecule has 0 fully saturated rings. The minimum absolute atomic E-state index is 0.169. The van der Waals surface area contributed by atoms with Crippen LogP contribution < -0.4 is 25.6 Å². The van der Waals surface area contributed by atoms with Gasteiger partial charge in [-0.25, -0.2) is 4.79 Å². The number of ether oxygens (including phenoxy) is 2. The number of halogens is 3. The van der Waals surface area contributed by atoms with Gasteiger partial charge in [-0.05, 0) is 24.3 Å². The molecule has 3 N–H and O–H groups in total. The van der Waals surface area contributed by atoms with Crippen LogP contribution in [0.25, 0.3) is 0 Å². The van der Waals surface area contributed by atoms with E-state index < -0.39 is 6.03 Å². The lowest BCUT2D eigenvalue weighted by molar-refractivity contribution is 0.174. The molecule has 9 heteroatoms. The summed E-state index contributed by atoms with van der Waals surface area (Å²) in [6.07, 6.45) is 0. The third kappa shape index (κ3) is 3.67. The quantitative estimate of drug-likeness (QED) is 0.545. The Hall–Kier alpha value is -2.02. The summed E-state index contributed by atoms with van der Waals surface area (Å²) in [6.45, 7) is 0.169. The van der Waals surface area contributed by atoms with Crippen LogP contribution in [0.2, 0.25) is 15.1 Å². The summed E-state index contributed by atoms with van der Waals surface area (Å²) in [5.41, 5.74) is 6.07. The summed E-state index contributed by atoms with van der Waals surface area (Å²) in [6, 6.07) is 7.55. The molecule has 23 heavy (non-hydrogen) atoms. The van der Waals surface area contributed by atoms with Crippen molar-refractivity contribution in [1.82, 2.24) is 5.43 Å². The average molecular weight is 375 g/mol. The minimum atomic E-state index is -0.494. The average Bonchev–Trinajstić information content (AvgIpc) is 2.97. The summed E-state index contributed by atoms with van der Waals surface area (Å²) in [4.78, 5) is 11.9. The second kappa shape index (κ2) is 6.62. The fourth-order valence-corrected chi connectivity index (χ4v) is 2.47. The van der Waals surface area contributed by atoms with Gasteiger partial charge in [-0.3, -0.25) is 10.9 Å². The van der Waals surface area contributed by atoms with Crippen LogP contribution in [0.1, 0.15) is 0 Å². The fourth-order valence-electron chi connectivity index (χ4n) is 1.88. The highest BCUT2D eigenvalue weighted by Crippen LogP contribution is 2.34. The monoisotopic (exact) mass is 373 g/mol. The van der Waals surface area contributed by atoms with Crippen molar-refractivity contribution in [1.29, 1.82) is 0 Å². The minimum Gasteiger partial charge on any atom is -0.454 e. The van der Waals surface area contributed by atoms with Gasteiger partial charge in [-0.2, -0.15) is 0 Å². The number of amides is 2. The Morgan fingerprint density at radius 2 is 1.70 bits per heavy atom. The van der Waals surface area contributed by atoms with Crippen LogP contribution >= 0.6 is 34.8 Å². The number of fused-ring (bicyclic) bond motifs is 1. The lowest BCUT2D eigenvalue weighted by Gasteiger charge is -2.12. The maximum atomic E-state index is 11.9. The first-order valence-electron chi connectivity index (χ1n) is 6.40. The van der Waals surface area contributed by atoms with E-state index in [-0.39, 0.29) is 6.79 Å². The number of urea groups is 1. The molecule has 0 atom stereocenters. The van der Waals surface area contributed by atoms with E-state index in [0.29, 0.717) is 37.9 Å². The molecule has 0 saturated heterocycles. The highest BCUT2D eigenvalue weighted by Gasteiger charge is 2.14. The van der Waals surface area contributed by atoms with Gasteiger partial charge in [0.15, 0.2) is 11.5 Å². The van der Waals surface area contributed by atoms with Crippen molar-refractivity contribution >= 4 is 52.2 Å². The molecule has 0 bridgehead atoms. The number of hydrogen-bond acceptors (Lipinski definition) is 4. The molecule has 1 heterocycles. The van der Waals surface area contributed by atoms with Crippen molar-refractivity contribution in [3.05, 3.63) is 45.4 Å². The van der Waals surface area contributed by atoms with Crippen LogP contribution in [0.4, 0.5) is 16.2 Å². The van der Waals surface area contributed by atoms with Crippen LogP contribution in [0.3, 0.4) is 0 Å². The van der Waals surface area contributed by atoms with Crippen molar-refractivity contribution in [3.63, 3.8) is 0 Å². The number of anilines is 2. The molecule has 0 unspecified atom stereocenters. The first-order valence-corrected chi connectivity index (χ1v) is 7.53. The van der Waals surface area contributed by atoms with E-state index in [0.717, 1.165) is 0 Å². The van der Waals surface area contributed by atoms with Crippen molar-refractivity contribution in [3.8, 4) is 11.5 Å². The summed E-state index contributed by atoms with van der Waals surface area (Å²) in [5, 5.41) is 3.60. The molecule has 2 aromatic carbocycles. The molecule has 0 aromatic heterocycles. The molecule has 1 aliphatic heterocycles. The van der Waals surface area contributed by atoms with Gasteiger partial charge in [0.25, 0.3) is 0 Å². The predicted octanol–water partition coefficient (Wildman–Crippen LogP) is 4.52. The topological polar surface area (TPSA) is 71.6 Å². The van der Waals surface area contributed by atoms with E-state index in [1.54, 1.807) is 18.2 Å². The highest BCUT2D eigenvalue weighted by molar-refractivity contribution is 6.44. The van der Waals surface area contributed by atoms with E-state index in [4.69, 9.17) is 44.3 Å². The smallest absolute Gasteiger partial charge is 0.337 e. The molecule has 0 aliphatic carbocycles. The maximum absolute atomic E-state index is 11.9. The van der Waals surface area contributed by atoms with E-state index in [1.807, 2.05) is 0 Å². The van der Waals surface area contributed by atoms with Crippen molar-refractivity contribution in [2.24, 2.45) is 0 Å². The van der Waals surface area contributed by atoms with E-state index in [2.05, 4.69) is 16.2 Å². The Morgan fingerprint density at radius 3 is 2.52 bits per heavy atom. The summed E-state index contributed by atoms with van der Waals surface area (Å²) in [7, 11) is 0. The van der Waals surface area contributed by atoms with Gasteiger partial charge in [-0.15, -0.1) is 0 Å². The zero-order chi connectivity index (χ0) is 16.4. The molecular weight excluding hydrogens is 365 g/mol. The Morgan fingerprint density at radius 1 is 0.957 bits per heavy atom. The number of carbonyl (C=O) groups excluding carboxylic acids is 1. The van der Waals surface area contributed by atoms with Gasteiger partial charge in [0.2, 0.25) is 6.79 Å². The van der Waals surface area contributed by atoms with Gasteiger partial charge in [0.05, 0.1) is 20.8 Å². The number of hydrogen-bond donors (Lipinski definition) is 3. The molecule has 120 valence electrons. The first-order chi connectivity index (χ1) is 11.0. The number of hydrazine groups is 1. The highest BCUT2D eigenvalue weighted by atomic mass is 35.5. The Balaban J connectivity index is 1.61. The SMILES string of the molecule is O=C(NNc1cc(Cl)c(Cl)cc1Cl)Nc1ccc2c(c1)OCO2. The Kier molecular flexibility index (Phi) is 4.56. The number of nitrogens with one attached hydrogen (secondary N) is 3. The van der Waals surface area contributed by atoms with Crippen LogP contribution in [-0.4, -0.2) is 12.8 Å². The van der Waals surface area contributed by atoms with Gasteiger partial charge in [0.1, 0.15) is 0 Å². The standard InChI is InChI=1S/C14H10Cl3N3O3/c15-8-4-10(17)11(5-9(8)16)19-20-14(21)18-7-1-2-12-13(3-7)23-6-22-12/h1-5,19H,6H2,(H2,18,20,21). The molecule has 1 aliphatic rings. The summed E-state index contributed by atoms with van der Waals surface area (Å²) < 4.78 is 10.4. The molecular formula is C14H10Cl3N3O3. The maximum Gasteiger partial charge on any atom is 0.337 e. The van der Waals surface area contributed by atoms with Crippen molar-refractivity contribution < 1.29 is 14.3 Å². The van der Waals surface area contributed by atoms with Gasteiger partial charge < -0.3 is 14.8 Å². The molecule has 6 nitrogen and oxygen atoms in total. The third-order valence-corrected chi connectivity index (χ3v) is 3.99. The zero-order valence-corrected chi connectivity index (χ0v) is 13.7. The molecule has 3 rings (SSSR count). The fraction of sp³-hybridized carbons (Fsp3) is 0.0714. The molecule has 2 amide bonds. The summed E-state index contributed by atoms with van der Waals surface area (Å²) in [5.74, 6) is 1.21. The van der Waals surface area contributed by atoms with E-state index in [9.17, 15) is 4.79 Å². The third-order valence-electron chi connectivity index (χ3n) is 2.95. The molecule has 0 radical (unpaired) electrons. The zero-order valence-electron chi connectivity index (χ0n) is 11.5. The normalized spacial score (nSPS) is 12.0.